The topological polar surface area (TPSA) is 59.1 Å². The molecule has 0 amide bonds. The lowest BCUT2D eigenvalue weighted by Crippen LogP contribution is -2.63. The van der Waals surface area contributed by atoms with Crippen LogP contribution in [0.25, 0.3) is 0 Å². The van der Waals surface area contributed by atoms with E-state index in [4.69, 9.17) is 0 Å². The standard InChI is InChI=1S/C21H29F4N7O.ClH/c22-19(23)2-6-30(14-19)21(16-33)12-17(13-32(21)31-7-3-20(24,25)15-31)28-8-10-29(11-9-28)18-26-4-1-5-27-18;/h1,4-5,16-17H,2-3,6-15H2;1H/t17-,21-;/m0./s1. The van der Waals surface area contributed by atoms with Gasteiger partial charge in [0.2, 0.25) is 5.95 Å². The predicted molar refractivity (Wildman–Crippen MR) is 119 cm³/mol. The Hall–Kier alpha value is -1.60. The second kappa shape index (κ2) is 9.45. The summed E-state index contributed by atoms with van der Waals surface area (Å²) in [5.41, 5.74) is -1.33. The van der Waals surface area contributed by atoms with Gasteiger partial charge in [0.25, 0.3) is 11.8 Å². The molecule has 0 radical (unpaired) electrons. The Morgan fingerprint density at radius 1 is 0.912 bits per heavy atom. The van der Waals surface area contributed by atoms with E-state index < -0.39 is 30.6 Å². The number of anilines is 1. The van der Waals surface area contributed by atoms with Crippen LogP contribution >= 0.6 is 12.4 Å². The van der Waals surface area contributed by atoms with Crippen LogP contribution in [0.1, 0.15) is 19.3 Å². The van der Waals surface area contributed by atoms with E-state index in [-0.39, 0.29) is 44.4 Å². The summed E-state index contributed by atoms with van der Waals surface area (Å²) < 4.78 is 56.3. The molecule has 0 aliphatic carbocycles. The SMILES string of the molecule is Cl.O=C[C@]1(N2CCC(F)(F)C2)C[C@H](N2CCN(c3ncccn3)CC2)CN1N1CCC(F)(F)C1. The van der Waals surface area contributed by atoms with Crippen molar-refractivity contribution in [3.05, 3.63) is 18.5 Å². The molecule has 4 aliphatic heterocycles. The van der Waals surface area contributed by atoms with Crippen LogP contribution in [0.15, 0.2) is 18.5 Å². The molecule has 190 valence electrons. The van der Waals surface area contributed by atoms with Gasteiger partial charge in [0, 0.05) is 83.5 Å². The lowest BCUT2D eigenvalue weighted by Gasteiger charge is -2.44. The smallest absolute Gasteiger partial charge is 0.263 e. The Morgan fingerprint density at radius 3 is 2.12 bits per heavy atom. The highest BCUT2D eigenvalue weighted by Gasteiger charge is 2.59. The molecule has 1 aromatic rings. The van der Waals surface area contributed by atoms with Gasteiger partial charge in [0.1, 0.15) is 5.66 Å². The molecule has 2 atom stereocenters. The molecule has 5 heterocycles. The fraction of sp³-hybridized carbons (Fsp3) is 0.762. The molecule has 0 spiro atoms. The largest absolute Gasteiger partial charge is 0.338 e. The lowest BCUT2D eigenvalue weighted by molar-refractivity contribution is -0.163. The number of nitrogens with zero attached hydrogens (tertiary/aromatic N) is 7. The molecule has 5 rings (SSSR count). The maximum Gasteiger partial charge on any atom is 0.263 e. The maximum absolute atomic E-state index is 14.1. The molecule has 4 fully saturated rings. The van der Waals surface area contributed by atoms with Crippen molar-refractivity contribution >= 4 is 24.6 Å². The molecule has 0 saturated carbocycles. The van der Waals surface area contributed by atoms with Gasteiger partial charge in [0.05, 0.1) is 13.1 Å². The number of hydrogen-bond acceptors (Lipinski definition) is 8. The first kappa shape index (κ1) is 25.5. The number of aromatic nitrogens is 2. The average Bonchev–Trinajstić information content (AvgIpc) is 3.49. The van der Waals surface area contributed by atoms with E-state index in [2.05, 4.69) is 19.8 Å². The van der Waals surface area contributed by atoms with Gasteiger partial charge < -0.3 is 4.90 Å². The minimum atomic E-state index is -2.88. The van der Waals surface area contributed by atoms with Crippen LogP contribution in [-0.2, 0) is 4.79 Å². The van der Waals surface area contributed by atoms with Crippen LogP contribution in [0.5, 0.6) is 0 Å². The maximum atomic E-state index is 14.1. The van der Waals surface area contributed by atoms with Crippen molar-refractivity contribution in [3.8, 4) is 0 Å². The van der Waals surface area contributed by atoms with Gasteiger partial charge in [0.15, 0.2) is 6.29 Å². The lowest BCUT2D eigenvalue weighted by atomic mass is 10.0. The number of carbonyl (C=O) groups is 1. The van der Waals surface area contributed by atoms with Gasteiger partial charge in [-0.05, 0) is 6.07 Å². The number of hydrogen-bond donors (Lipinski definition) is 0. The van der Waals surface area contributed by atoms with Crippen LogP contribution in [-0.4, -0.2) is 119 Å². The van der Waals surface area contributed by atoms with Crippen molar-refractivity contribution in [1.82, 2.24) is 29.8 Å². The van der Waals surface area contributed by atoms with Crippen molar-refractivity contribution < 1.29 is 22.4 Å². The molecular weight excluding hydrogens is 478 g/mol. The Morgan fingerprint density at radius 2 is 1.56 bits per heavy atom. The molecule has 4 saturated heterocycles. The number of rotatable bonds is 5. The molecule has 0 N–H and O–H groups in total. The summed E-state index contributed by atoms with van der Waals surface area (Å²) in [7, 11) is 0. The predicted octanol–water partition coefficient (Wildman–Crippen LogP) is 1.59. The first-order valence-electron chi connectivity index (χ1n) is 11.5. The second-order valence-corrected chi connectivity index (χ2v) is 9.53. The quantitative estimate of drug-likeness (QED) is 0.440. The van der Waals surface area contributed by atoms with E-state index in [1.807, 2.05) is 0 Å². The average molecular weight is 508 g/mol. The number of alkyl halides is 4. The van der Waals surface area contributed by atoms with Crippen molar-refractivity contribution in [3.63, 3.8) is 0 Å². The molecule has 0 unspecified atom stereocenters. The summed E-state index contributed by atoms with van der Waals surface area (Å²) in [5.74, 6) is -5.06. The minimum absolute atomic E-state index is 0. The molecular formula is C21H30ClF4N7O. The fourth-order valence-electron chi connectivity index (χ4n) is 5.69. The van der Waals surface area contributed by atoms with E-state index in [0.717, 1.165) is 0 Å². The normalized spacial score (nSPS) is 32.7. The third kappa shape index (κ3) is 4.75. The number of piperazine rings is 1. The summed E-state index contributed by atoms with van der Waals surface area (Å²) in [6.07, 6.45) is 3.79. The Balaban J connectivity index is 0.00000274. The van der Waals surface area contributed by atoms with Crippen LogP contribution in [0.2, 0.25) is 0 Å². The van der Waals surface area contributed by atoms with Gasteiger partial charge in [-0.25, -0.2) is 37.5 Å². The number of carbonyl (C=O) groups excluding carboxylic acids is 1. The van der Waals surface area contributed by atoms with Crippen LogP contribution in [0.3, 0.4) is 0 Å². The van der Waals surface area contributed by atoms with E-state index in [0.29, 0.717) is 51.4 Å². The van der Waals surface area contributed by atoms with E-state index >= 15 is 0 Å². The van der Waals surface area contributed by atoms with Crippen molar-refractivity contribution in [2.45, 2.75) is 42.8 Å². The van der Waals surface area contributed by atoms with Gasteiger partial charge in [-0.15, -0.1) is 12.4 Å². The van der Waals surface area contributed by atoms with Crippen molar-refractivity contribution in [2.24, 2.45) is 0 Å². The van der Waals surface area contributed by atoms with Crippen molar-refractivity contribution in [1.29, 1.82) is 0 Å². The summed E-state index contributed by atoms with van der Waals surface area (Å²) in [5, 5.41) is 3.18. The third-order valence-corrected chi connectivity index (χ3v) is 7.43. The van der Waals surface area contributed by atoms with Gasteiger partial charge in [-0.1, -0.05) is 0 Å². The molecule has 34 heavy (non-hydrogen) atoms. The minimum Gasteiger partial charge on any atom is -0.338 e. The monoisotopic (exact) mass is 507 g/mol. The first-order valence-corrected chi connectivity index (χ1v) is 11.5. The highest BCUT2D eigenvalue weighted by molar-refractivity contribution is 5.85. The molecule has 1 aromatic heterocycles. The van der Waals surface area contributed by atoms with E-state index in [1.54, 1.807) is 23.5 Å². The van der Waals surface area contributed by atoms with Gasteiger partial charge in [-0.3, -0.25) is 14.6 Å². The zero-order valence-corrected chi connectivity index (χ0v) is 19.6. The number of likely N-dealkylation sites (tertiary alicyclic amines) is 1. The Kier molecular flexibility index (Phi) is 7.09. The number of aldehydes is 1. The Labute approximate surface area is 202 Å². The molecule has 13 heteroatoms. The fourth-order valence-corrected chi connectivity index (χ4v) is 5.69. The number of halogens is 5. The van der Waals surface area contributed by atoms with Crippen LogP contribution in [0.4, 0.5) is 23.5 Å². The second-order valence-electron chi connectivity index (χ2n) is 9.53. The highest BCUT2D eigenvalue weighted by Crippen LogP contribution is 2.42. The molecule has 0 bridgehead atoms. The summed E-state index contributed by atoms with van der Waals surface area (Å²) >= 11 is 0. The molecule has 4 aliphatic rings. The first-order chi connectivity index (χ1) is 15.7. The van der Waals surface area contributed by atoms with Gasteiger partial charge in [-0.2, -0.15) is 0 Å². The summed E-state index contributed by atoms with van der Waals surface area (Å²) in [6, 6.07) is 1.66. The Bertz CT molecular complexity index is 861. The molecule has 0 aromatic carbocycles. The van der Waals surface area contributed by atoms with Crippen LogP contribution in [0, 0.1) is 0 Å². The summed E-state index contributed by atoms with van der Waals surface area (Å²) in [6.45, 7) is 2.29. The highest BCUT2D eigenvalue weighted by atomic mass is 35.5. The van der Waals surface area contributed by atoms with E-state index in [1.165, 1.54) is 9.91 Å². The third-order valence-electron chi connectivity index (χ3n) is 7.43. The molecule has 8 nitrogen and oxygen atoms in total. The number of hydrazine groups is 1. The van der Waals surface area contributed by atoms with Gasteiger partial charge >= 0.3 is 0 Å². The summed E-state index contributed by atoms with van der Waals surface area (Å²) in [4.78, 5) is 26.9. The van der Waals surface area contributed by atoms with Crippen molar-refractivity contribution in [2.75, 3.05) is 63.8 Å². The van der Waals surface area contributed by atoms with Crippen LogP contribution < -0.4 is 4.90 Å². The zero-order chi connectivity index (χ0) is 23.3. The van der Waals surface area contributed by atoms with E-state index in [9.17, 15) is 22.4 Å². The zero-order valence-electron chi connectivity index (χ0n) is 18.8.